The molecule has 0 aliphatic heterocycles. The molecule has 0 amide bonds. The van der Waals surface area contributed by atoms with E-state index in [0.717, 1.165) is 11.8 Å². The highest BCUT2D eigenvalue weighted by atomic mass is 32.1. The van der Waals surface area contributed by atoms with Crippen molar-refractivity contribution in [2.75, 3.05) is 0 Å². The molecule has 0 bridgehead atoms. The Bertz CT molecular complexity index is 90.9. The van der Waals surface area contributed by atoms with Crippen LogP contribution >= 0.6 is 12.6 Å². The Morgan fingerprint density at radius 1 is 1.00 bits per heavy atom. The van der Waals surface area contributed by atoms with Crippen molar-refractivity contribution in [3.8, 4) is 0 Å². The third-order valence-corrected chi connectivity index (χ3v) is 3.31. The van der Waals surface area contributed by atoms with Gasteiger partial charge in [-0.15, -0.1) is 0 Å². The first-order valence-corrected chi connectivity index (χ1v) is 5.31. The van der Waals surface area contributed by atoms with E-state index in [0.29, 0.717) is 5.25 Å². The number of thiol groups is 1. The molecule has 3 unspecified atom stereocenters. The van der Waals surface area contributed by atoms with Crippen molar-refractivity contribution in [3.05, 3.63) is 0 Å². The summed E-state index contributed by atoms with van der Waals surface area (Å²) in [5.41, 5.74) is 0. The predicted molar refractivity (Wildman–Crippen MR) is 56.3 cm³/mol. The summed E-state index contributed by atoms with van der Waals surface area (Å²) in [7, 11) is 0. The van der Waals surface area contributed by atoms with Crippen molar-refractivity contribution in [2.45, 2.75) is 52.2 Å². The van der Waals surface area contributed by atoms with Gasteiger partial charge in [0.25, 0.3) is 0 Å². The molecular weight excluding hydrogens is 152 g/mol. The summed E-state index contributed by atoms with van der Waals surface area (Å²) in [6, 6.07) is 0. The number of rotatable bonds is 5. The molecule has 0 spiro atoms. The molecule has 0 aliphatic carbocycles. The summed E-state index contributed by atoms with van der Waals surface area (Å²) >= 11 is 4.50. The summed E-state index contributed by atoms with van der Waals surface area (Å²) in [6.07, 6.45) is 3.77. The molecular formula is C10H22S. The minimum atomic E-state index is 0.610. The van der Waals surface area contributed by atoms with Crippen molar-refractivity contribution < 1.29 is 0 Å². The molecule has 1 heteroatoms. The van der Waals surface area contributed by atoms with E-state index in [-0.39, 0.29) is 0 Å². The van der Waals surface area contributed by atoms with Crippen molar-refractivity contribution in [1.29, 1.82) is 0 Å². The molecule has 0 heterocycles. The van der Waals surface area contributed by atoms with E-state index in [1.807, 2.05) is 0 Å². The lowest BCUT2D eigenvalue weighted by atomic mass is 9.89. The molecule has 3 atom stereocenters. The van der Waals surface area contributed by atoms with E-state index in [1.165, 1.54) is 19.3 Å². The first-order chi connectivity index (χ1) is 5.11. The van der Waals surface area contributed by atoms with Crippen LogP contribution in [0, 0.1) is 11.8 Å². The second-order valence-electron chi connectivity index (χ2n) is 3.66. The standard InChI is InChI=1S/C10H22S/c1-5-8(3)9(4)7-10(11)6-2/h8-11H,5-7H2,1-4H3. The van der Waals surface area contributed by atoms with Gasteiger partial charge in [0.2, 0.25) is 0 Å². The first kappa shape index (κ1) is 11.4. The molecule has 0 fully saturated rings. The smallest absolute Gasteiger partial charge is 0.00168 e. The van der Waals surface area contributed by atoms with Gasteiger partial charge in [-0.05, 0) is 24.7 Å². The van der Waals surface area contributed by atoms with Crippen LogP contribution in [0.5, 0.6) is 0 Å². The van der Waals surface area contributed by atoms with Gasteiger partial charge in [0, 0.05) is 5.25 Å². The van der Waals surface area contributed by atoms with E-state index >= 15 is 0 Å². The highest BCUT2D eigenvalue weighted by molar-refractivity contribution is 7.80. The minimum absolute atomic E-state index is 0.610. The van der Waals surface area contributed by atoms with Crippen LogP contribution in [0.3, 0.4) is 0 Å². The molecule has 11 heavy (non-hydrogen) atoms. The average molecular weight is 174 g/mol. The summed E-state index contributed by atoms with van der Waals surface area (Å²) in [4.78, 5) is 0. The molecule has 68 valence electrons. The van der Waals surface area contributed by atoms with Gasteiger partial charge in [-0.1, -0.05) is 34.1 Å². The van der Waals surface area contributed by atoms with Gasteiger partial charge >= 0.3 is 0 Å². The average Bonchev–Trinajstić information content (AvgIpc) is 2.02. The van der Waals surface area contributed by atoms with E-state index in [9.17, 15) is 0 Å². The zero-order valence-electron chi connectivity index (χ0n) is 8.30. The number of hydrogen-bond donors (Lipinski definition) is 1. The van der Waals surface area contributed by atoms with Crippen LogP contribution in [0.4, 0.5) is 0 Å². The molecule has 0 aromatic carbocycles. The largest absolute Gasteiger partial charge is 0.176 e. The highest BCUT2D eigenvalue weighted by Gasteiger charge is 2.12. The Morgan fingerprint density at radius 2 is 1.55 bits per heavy atom. The Balaban J connectivity index is 3.58. The predicted octanol–water partition coefficient (Wildman–Crippen LogP) is 3.77. The molecule has 0 rings (SSSR count). The van der Waals surface area contributed by atoms with E-state index in [4.69, 9.17) is 0 Å². The van der Waals surface area contributed by atoms with Crippen molar-refractivity contribution >= 4 is 12.6 Å². The van der Waals surface area contributed by atoms with Crippen molar-refractivity contribution in [1.82, 2.24) is 0 Å². The van der Waals surface area contributed by atoms with Crippen LogP contribution in [0.15, 0.2) is 0 Å². The van der Waals surface area contributed by atoms with E-state index in [2.05, 4.69) is 40.3 Å². The summed E-state index contributed by atoms with van der Waals surface area (Å²) in [6.45, 7) is 9.15. The Hall–Kier alpha value is 0.350. The summed E-state index contributed by atoms with van der Waals surface area (Å²) < 4.78 is 0. The van der Waals surface area contributed by atoms with Gasteiger partial charge in [-0.2, -0.15) is 12.6 Å². The normalized spacial score (nSPS) is 19.4. The van der Waals surface area contributed by atoms with E-state index < -0.39 is 0 Å². The molecule has 0 saturated carbocycles. The molecule has 0 aromatic heterocycles. The lowest BCUT2D eigenvalue weighted by Gasteiger charge is -2.20. The Kier molecular flexibility index (Phi) is 6.12. The molecule has 0 saturated heterocycles. The fourth-order valence-electron chi connectivity index (χ4n) is 1.23. The monoisotopic (exact) mass is 174 g/mol. The Morgan fingerprint density at radius 3 is 1.91 bits per heavy atom. The third-order valence-electron chi connectivity index (χ3n) is 2.73. The van der Waals surface area contributed by atoms with Gasteiger partial charge < -0.3 is 0 Å². The van der Waals surface area contributed by atoms with Gasteiger partial charge in [-0.3, -0.25) is 0 Å². The van der Waals surface area contributed by atoms with E-state index in [1.54, 1.807) is 0 Å². The molecule has 0 radical (unpaired) electrons. The van der Waals surface area contributed by atoms with Crippen LogP contribution in [0.2, 0.25) is 0 Å². The summed E-state index contributed by atoms with van der Waals surface area (Å²) in [5, 5.41) is 0.610. The van der Waals surface area contributed by atoms with Gasteiger partial charge in [0.1, 0.15) is 0 Å². The van der Waals surface area contributed by atoms with Crippen LogP contribution in [0.1, 0.15) is 47.0 Å². The number of hydrogen-bond acceptors (Lipinski definition) is 1. The maximum Gasteiger partial charge on any atom is 0.00168 e. The zero-order chi connectivity index (χ0) is 8.85. The van der Waals surface area contributed by atoms with Gasteiger partial charge in [-0.25, -0.2) is 0 Å². The fraction of sp³-hybridized carbons (Fsp3) is 1.00. The molecule has 0 aliphatic rings. The van der Waals surface area contributed by atoms with Crippen LogP contribution < -0.4 is 0 Å². The van der Waals surface area contributed by atoms with Gasteiger partial charge in [0.15, 0.2) is 0 Å². The molecule has 0 aromatic rings. The summed E-state index contributed by atoms with van der Waals surface area (Å²) in [5.74, 6) is 1.69. The molecule has 0 N–H and O–H groups in total. The lowest BCUT2D eigenvalue weighted by Crippen LogP contribution is -2.12. The molecule has 0 nitrogen and oxygen atoms in total. The second kappa shape index (κ2) is 5.93. The fourth-order valence-corrected chi connectivity index (χ4v) is 1.56. The maximum absolute atomic E-state index is 4.50. The highest BCUT2D eigenvalue weighted by Crippen LogP contribution is 2.22. The third kappa shape index (κ3) is 4.73. The van der Waals surface area contributed by atoms with Crippen molar-refractivity contribution in [2.24, 2.45) is 11.8 Å². The minimum Gasteiger partial charge on any atom is -0.176 e. The maximum atomic E-state index is 4.50. The first-order valence-electron chi connectivity index (χ1n) is 4.79. The van der Waals surface area contributed by atoms with Crippen LogP contribution in [-0.4, -0.2) is 5.25 Å². The lowest BCUT2D eigenvalue weighted by molar-refractivity contribution is 0.350. The zero-order valence-corrected chi connectivity index (χ0v) is 9.20. The van der Waals surface area contributed by atoms with Crippen molar-refractivity contribution in [3.63, 3.8) is 0 Å². The van der Waals surface area contributed by atoms with Gasteiger partial charge in [0.05, 0.1) is 0 Å². The quantitative estimate of drug-likeness (QED) is 0.603. The Labute approximate surface area is 77.2 Å². The topological polar surface area (TPSA) is 0 Å². The second-order valence-corrected chi connectivity index (χ2v) is 4.39. The van der Waals surface area contributed by atoms with Crippen LogP contribution in [0.25, 0.3) is 0 Å². The SMILES string of the molecule is CCC(S)CC(C)C(C)CC. The van der Waals surface area contributed by atoms with Crippen LogP contribution in [-0.2, 0) is 0 Å².